The maximum atomic E-state index is 2.24. The Hall–Kier alpha value is -0.561. The summed E-state index contributed by atoms with van der Waals surface area (Å²) in [7, 11) is 0. The van der Waals surface area contributed by atoms with Crippen molar-refractivity contribution in [2.24, 2.45) is 0 Å². The minimum atomic E-state index is 0.577. The molecule has 2 aromatic rings. The summed E-state index contributed by atoms with van der Waals surface area (Å²) in [6.07, 6.45) is 4.40. The molecule has 0 spiro atoms. The van der Waals surface area contributed by atoms with E-state index in [1.165, 1.54) is 9.31 Å². The van der Waals surface area contributed by atoms with Gasteiger partial charge in [0.05, 0.1) is 0 Å². The Morgan fingerprint density at radius 3 is 2.83 bits per heavy atom. The van der Waals surface area contributed by atoms with Gasteiger partial charge in [0.25, 0.3) is 0 Å². The number of hydrogen-bond acceptors (Lipinski definition) is 1. The van der Waals surface area contributed by atoms with Gasteiger partial charge in [-0.05, 0) is 0 Å². The Balaban J connectivity index is 2.14. The van der Waals surface area contributed by atoms with Gasteiger partial charge in [-0.2, -0.15) is 0 Å². The SMILES string of the molecule is C(=C\c1ccc[se]1)/c1cccs1. The summed E-state index contributed by atoms with van der Waals surface area (Å²) in [4.78, 5) is 3.57. The van der Waals surface area contributed by atoms with Crippen LogP contribution in [0.2, 0.25) is 0 Å². The van der Waals surface area contributed by atoms with Crippen molar-refractivity contribution in [3.63, 3.8) is 0 Å². The van der Waals surface area contributed by atoms with E-state index in [1.54, 1.807) is 11.3 Å². The van der Waals surface area contributed by atoms with Crippen LogP contribution in [0.1, 0.15) is 9.31 Å². The first-order chi connectivity index (χ1) is 5.95. The second-order valence-corrected chi connectivity index (χ2v) is 5.40. The number of hydrogen-bond donors (Lipinski definition) is 0. The average molecular weight is 239 g/mol. The molecule has 0 amide bonds. The molecule has 0 radical (unpaired) electrons. The molecule has 0 saturated carbocycles. The summed E-state index contributed by atoms with van der Waals surface area (Å²) in [5.41, 5.74) is 0. The molecule has 2 aromatic heterocycles. The monoisotopic (exact) mass is 240 g/mol. The molecule has 0 aliphatic carbocycles. The van der Waals surface area contributed by atoms with Crippen molar-refractivity contribution < 1.29 is 0 Å². The molecule has 0 saturated heterocycles. The van der Waals surface area contributed by atoms with Crippen molar-refractivity contribution in [2.45, 2.75) is 0 Å². The van der Waals surface area contributed by atoms with Crippen LogP contribution < -0.4 is 0 Å². The van der Waals surface area contributed by atoms with Gasteiger partial charge in [-0.15, -0.1) is 0 Å². The van der Waals surface area contributed by atoms with E-state index in [4.69, 9.17) is 0 Å². The van der Waals surface area contributed by atoms with Gasteiger partial charge in [-0.25, -0.2) is 0 Å². The van der Waals surface area contributed by atoms with Crippen LogP contribution in [0.15, 0.2) is 34.6 Å². The van der Waals surface area contributed by atoms with E-state index in [9.17, 15) is 0 Å². The van der Waals surface area contributed by atoms with Crippen molar-refractivity contribution in [3.05, 3.63) is 43.9 Å². The third kappa shape index (κ3) is 1.98. The van der Waals surface area contributed by atoms with Crippen LogP contribution in [0.4, 0.5) is 0 Å². The quantitative estimate of drug-likeness (QED) is 0.707. The molecular formula is C10H8SSe. The molecule has 0 aliphatic heterocycles. The fraction of sp³-hybridized carbons (Fsp3) is 0. The van der Waals surface area contributed by atoms with Gasteiger partial charge in [0.15, 0.2) is 0 Å². The first kappa shape index (κ1) is 8.06. The van der Waals surface area contributed by atoms with Crippen molar-refractivity contribution >= 4 is 38.0 Å². The molecule has 2 rings (SSSR count). The third-order valence-electron chi connectivity index (χ3n) is 1.50. The molecule has 0 nitrogen and oxygen atoms in total. The number of thiophene rings is 1. The van der Waals surface area contributed by atoms with Gasteiger partial charge in [0, 0.05) is 0 Å². The van der Waals surface area contributed by atoms with Gasteiger partial charge in [-0.1, -0.05) is 0 Å². The van der Waals surface area contributed by atoms with Gasteiger partial charge < -0.3 is 0 Å². The molecule has 2 heteroatoms. The fourth-order valence-electron chi connectivity index (χ4n) is 0.936. The van der Waals surface area contributed by atoms with E-state index in [2.05, 4.69) is 46.7 Å². The Morgan fingerprint density at radius 2 is 2.17 bits per heavy atom. The Bertz CT molecular complexity index is 307. The standard InChI is InChI=1S/C10H8SSe/c1-3-9(11-7-1)5-6-10-4-2-8-12-10/h1-8H/b6-5+. The molecule has 0 N–H and O–H groups in total. The minimum absolute atomic E-state index is 0.577. The fourth-order valence-corrected chi connectivity index (χ4v) is 2.85. The zero-order valence-corrected chi connectivity index (χ0v) is 8.96. The first-order valence-electron chi connectivity index (χ1n) is 3.70. The van der Waals surface area contributed by atoms with Gasteiger partial charge in [0.2, 0.25) is 0 Å². The van der Waals surface area contributed by atoms with Gasteiger partial charge in [0.1, 0.15) is 0 Å². The van der Waals surface area contributed by atoms with Gasteiger partial charge in [-0.3, -0.25) is 0 Å². The molecule has 0 atom stereocenters. The summed E-state index contributed by atoms with van der Waals surface area (Å²) < 4.78 is 1.45. The van der Waals surface area contributed by atoms with E-state index >= 15 is 0 Å². The summed E-state index contributed by atoms with van der Waals surface area (Å²) in [5.74, 6) is 0. The van der Waals surface area contributed by atoms with Crippen LogP contribution in [-0.4, -0.2) is 14.5 Å². The molecule has 0 fully saturated rings. The second-order valence-electron chi connectivity index (χ2n) is 2.36. The predicted octanol–water partition coefficient (Wildman–Crippen LogP) is 2.98. The zero-order valence-electron chi connectivity index (χ0n) is 6.44. The van der Waals surface area contributed by atoms with Crippen molar-refractivity contribution in [1.82, 2.24) is 0 Å². The number of rotatable bonds is 2. The Labute approximate surface area is 81.9 Å². The Kier molecular flexibility index (Phi) is 2.62. The topological polar surface area (TPSA) is 0 Å². The zero-order chi connectivity index (χ0) is 8.23. The van der Waals surface area contributed by atoms with Crippen molar-refractivity contribution in [2.75, 3.05) is 0 Å². The average Bonchev–Trinajstić information content (AvgIpc) is 2.74. The maximum absolute atomic E-state index is 2.24. The molecule has 60 valence electrons. The molecular weight excluding hydrogens is 231 g/mol. The van der Waals surface area contributed by atoms with E-state index in [0.717, 1.165) is 0 Å². The first-order valence-corrected chi connectivity index (χ1v) is 6.43. The van der Waals surface area contributed by atoms with Crippen molar-refractivity contribution in [1.29, 1.82) is 0 Å². The molecule has 0 bridgehead atoms. The van der Waals surface area contributed by atoms with Crippen LogP contribution >= 0.6 is 11.3 Å². The summed E-state index contributed by atoms with van der Waals surface area (Å²) in [6.45, 7) is 0. The summed E-state index contributed by atoms with van der Waals surface area (Å²) in [6, 6.07) is 8.53. The molecule has 0 aliphatic rings. The van der Waals surface area contributed by atoms with Crippen molar-refractivity contribution in [3.8, 4) is 0 Å². The summed E-state index contributed by atoms with van der Waals surface area (Å²) >= 11 is 2.36. The van der Waals surface area contributed by atoms with Crippen LogP contribution in [0, 0.1) is 0 Å². The van der Waals surface area contributed by atoms with Crippen LogP contribution in [0.3, 0.4) is 0 Å². The van der Waals surface area contributed by atoms with E-state index in [0.29, 0.717) is 14.5 Å². The molecule has 2 heterocycles. The van der Waals surface area contributed by atoms with Crippen LogP contribution in [0.25, 0.3) is 12.2 Å². The Morgan fingerprint density at radius 1 is 1.17 bits per heavy atom. The predicted molar refractivity (Wildman–Crippen MR) is 56.6 cm³/mol. The molecule has 0 aromatic carbocycles. The molecule has 12 heavy (non-hydrogen) atoms. The summed E-state index contributed by atoms with van der Waals surface area (Å²) in [5, 5.41) is 2.10. The van der Waals surface area contributed by atoms with Crippen LogP contribution in [0.5, 0.6) is 0 Å². The molecule has 0 unspecified atom stereocenters. The van der Waals surface area contributed by atoms with E-state index in [1.807, 2.05) is 0 Å². The van der Waals surface area contributed by atoms with E-state index in [-0.39, 0.29) is 0 Å². The van der Waals surface area contributed by atoms with E-state index < -0.39 is 0 Å². The normalized spacial score (nSPS) is 11.0. The third-order valence-corrected chi connectivity index (χ3v) is 4.09. The van der Waals surface area contributed by atoms with Gasteiger partial charge >= 0.3 is 81.9 Å². The second kappa shape index (κ2) is 3.90. The van der Waals surface area contributed by atoms with Crippen LogP contribution in [-0.2, 0) is 0 Å².